The van der Waals surface area contributed by atoms with Gasteiger partial charge in [0.1, 0.15) is 23.1 Å². The highest BCUT2D eigenvalue weighted by Gasteiger charge is 2.23. The van der Waals surface area contributed by atoms with E-state index in [2.05, 4.69) is 30.1 Å². The van der Waals surface area contributed by atoms with Gasteiger partial charge in [0.2, 0.25) is 11.8 Å². The molecule has 392 valence electrons. The molecule has 0 spiro atoms. The number of aryl methyl sites for hydroxylation is 2. The van der Waals surface area contributed by atoms with Crippen LogP contribution in [0.4, 0.5) is 11.5 Å². The van der Waals surface area contributed by atoms with Crippen LogP contribution < -0.4 is 49.6 Å². The zero-order valence-electron chi connectivity index (χ0n) is 42.7. The van der Waals surface area contributed by atoms with Crippen molar-refractivity contribution < 1.29 is 41.7 Å². The van der Waals surface area contributed by atoms with Crippen molar-refractivity contribution in [3.05, 3.63) is 83.4 Å². The van der Waals surface area contributed by atoms with Gasteiger partial charge in [-0.2, -0.15) is 0 Å². The minimum Gasteiger partial charge on any atom is -0.493 e. The molecule has 2 amide bonds. The molecular weight excluding hydrogens is 943 g/mol. The zero-order chi connectivity index (χ0) is 51.5. The molecule has 72 heavy (non-hydrogen) atoms. The molecule has 1 fully saturated rings. The second kappa shape index (κ2) is 27.4. The number of unbranched alkanes of at least 4 members (excludes halogenated alkanes) is 5. The molecule has 0 radical (unpaired) electrons. The fourth-order valence-electron chi connectivity index (χ4n) is 8.40. The van der Waals surface area contributed by atoms with Crippen LogP contribution in [0.5, 0.6) is 34.5 Å². The standard InChI is InChI=1S/C52H73N9O10S/c1-7-30-69-39-32-40(34-41(33-39)71-47-37-45-44(58(3)52(64)59(45)4)36-43(47)56-72(65,66)42-19-20-46(67-5)48(35-42)68-6)70-31-16-15-24-57(2)38-51(63)54-22-13-10-8-9-11-18-50(62)55-23-25-60-26-28-61(29-27-60)49-17-12-14-21-53-49/h12,14,17,19-21,32-37,56H,7-11,13,15-16,18,22-31,38H2,1-6H3,(H,54,63)(H,55,62). The molecule has 5 aromatic rings. The van der Waals surface area contributed by atoms with Gasteiger partial charge in [-0.15, -0.1) is 0 Å². The number of methoxy groups -OCH3 is 2. The Labute approximate surface area is 423 Å². The van der Waals surface area contributed by atoms with E-state index >= 15 is 0 Å². The van der Waals surface area contributed by atoms with Crippen LogP contribution in [0.15, 0.2) is 82.6 Å². The largest absolute Gasteiger partial charge is 0.493 e. The van der Waals surface area contributed by atoms with E-state index in [4.69, 9.17) is 23.7 Å². The number of ether oxygens (including phenoxy) is 5. The van der Waals surface area contributed by atoms with E-state index < -0.39 is 10.0 Å². The lowest BCUT2D eigenvalue weighted by atomic mass is 10.1. The summed E-state index contributed by atoms with van der Waals surface area (Å²) in [7, 11) is 3.85. The Morgan fingerprint density at radius 2 is 1.40 bits per heavy atom. The summed E-state index contributed by atoms with van der Waals surface area (Å²) in [4.78, 5) is 49.0. The van der Waals surface area contributed by atoms with E-state index in [9.17, 15) is 22.8 Å². The summed E-state index contributed by atoms with van der Waals surface area (Å²) in [5.74, 6) is 3.19. The lowest BCUT2D eigenvalue weighted by Crippen LogP contribution is -2.48. The highest BCUT2D eigenvalue weighted by molar-refractivity contribution is 7.92. The van der Waals surface area contributed by atoms with Crippen LogP contribution in [0.3, 0.4) is 0 Å². The molecule has 3 aromatic carbocycles. The first-order chi connectivity index (χ1) is 34.8. The van der Waals surface area contributed by atoms with E-state index in [1.165, 1.54) is 41.6 Å². The molecule has 6 rings (SSSR count). The van der Waals surface area contributed by atoms with Gasteiger partial charge in [-0.25, -0.2) is 18.2 Å². The fraction of sp³-hybridized carbons (Fsp3) is 0.500. The van der Waals surface area contributed by atoms with E-state index in [-0.39, 0.29) is 39.6 Å². The molecule has 0 aliphatic carbocycles. The predicted molar refractivity (Wildman–Crippen MR) is 280 cm³/mol. The third-order valence-electron chi connectivity index (χ3n) is 12.5. The first-order valence-electron chi connectivity index (χ1n) is 24.9. The third-order valence-corrected chi connectivity index (χ3v) is 13.8. The number of piperazine rings is 1. The minimum absolute atomic E-state index is 0.0116. The summed E-state index contributed by atoms with van der Waals surface area (Å²) in [6.07, 6.45) is 9.42. The number of hydrogen-bond acceptors (Lipinski definition) is 14. The van der Waals surface area contributed by atoms with Crippen molar-refractivity contribution in [2.45, 2.75) is 69.6 Å². The van der Waals surface area contributed by atoms with E-state index in [1.807, 2.05) is 43.3 Å². The van der Waals surface area contributed by atoms with Crippen molar-refractivity contribution >= 4 is 44.4 Å². The number of carbonyl (C=O) groups excluding carboxylic acids is 2. The van der Waals surface area contributed by atoms with Crippen LogP contribution in [0.1, 0.15) is 64.7 Å². The number of sulfonamides is 1. The van der Waals surface area contributed by atoms with Gasteiger partial charge < -0.3 is 39.2 Å². The second-order valence-electron chi connectivity index (χ2n) is 18.0. The number of rotatable bonds is 30. The number of carbonyl (C=O) groups is 2. The Morgan fingerprint density at radius 3 is 2.11 bits per heavy atom. The highest BCUT2D eigenvalue weighted by atomic mass is 32.2. The smallest absolute Gasteiger partial charge is 0.328 e. The Kier molecular flexibility index (Phi) is 20.8. The summed E-state index contributed by atoms with van der Waals surface area (Å²) in [6.45, 7) is 9.79. The number of benzene rings is 3. The molecular formula is C52H73N9O10S. The number of nitrogens with one attached hydrogen (secondary N) is 3. The van der Waals surface area contributed by atoms with E-state index in [0.29, 0.717) is 79.8 Å². The maximum atomic E-state index is 13.8. The summed E-state index contributed by atoms with van der Waals surface area (Å²) >= 11 is 0. The number of fused-ring (bicyclic) bond motifs is 1. The predicted octanol–water partition coefficient (Wildman–Crippen LogP) is 6.16. The quantitative estimate of drug-likeness (QED) is 0.0442. The molecule has 1 aliphatic rings. The minimum atomic E-state index is -4.20. The van der Waals surface area contributed by atoms with Gasteiger partial charge in [0.15, 0.2) is 17.2 Å². The Hall–Kier alpha value is -6.51. The van der Waals surface area contributed by atoms with Gasteiger partial charge in [-0.1, -0.05) is 32.3 Å². The molecule has 2 aromatic heterocycles. The Balaban J connectivity index is 0.893. The van der Waals surface area contributed by atoms with Crippen LogP contribution in [0, 0.1) is 0 Å². The number of nitrogens with zero attached hydrogens (tertiary/aromatic N) is 6. The number of likely N-dealkylation sites (N-methyl/N-ethyl adjacent to an activating group) is 1. The van der Waals surface area contributed by atoms with Gasteiger partial charge in [-0.3, -0.25) is 33.2 Å². The molecule has 0 unspecified atom stereocenters. The van der Waals surface area contributed by atoms with Gasteiger partial charge in [0.25, 0.3) is 10.0 Å². The first-order valence-corrected chi connectivity index (χ1v) is 26.4. The highest BCUT2D eigenvalue weighted by Crippen LogP contribution is 2.39. The molecule has 0 bridgehead atoms. The first kappa shape index (κ1) is 54.8. The normalized spacial score (nSPS) is 13.0. The monoisotopic (exact) mass is 1020 g/mol. The number of hydrogen-bond donors (Lipinski definition) is 3. The van der Waals surface area contributed by atoms with Gasteiger partial charge >= 0.3 is 5.69 Å². The van der Waals surface area contributed by atoms with Crippen molar-refractivity contribution in [3.63, 3.8) is 0 Å². The summed E-state index contributed by atoms with van der Waals surface area (Å²) < 4.78 is 62.4. The van der Waals surface area contributed by atoms with E-state index in [0.717, 1.165) is 89.9 Å². The lowest BCUT2D eigenvalue weighted by molar-refractivity contribution is -0.122. The van der Waals surface area contributed by atoms with Crippen molar-refractivity contribution in [1.82, 2.24) is 34.6 Å². The number of anilines is 2. The molecule has 20 heteroatoms. The second-order valence-corrected chi connectivity index (χ2v) is 19.7. The van der Waals surface area contributed by atoms with Crippen molar-refractivity contribution in [1.29, 1.82) is 0 Å². The van der Waals surface area contributed by atoms with Crippen LogP contribution in [0.2, 0.25) is 0 Å². The average Bonchev–Trinajstić information content (AvgIpc) is 3.58. The number of imidazole rings is 1. The van der Waals surface area contributed by atoms with Crippen LogP contribution >= 0.6 is 0 Å². The number of aromatic nitrogens is 3. The topological polar surface area (TPSA) is 200 Å². The maximum Gasteiger partial charge on any atom is 0.328 e. The zero-order valence-corrected chi connectivity index (χ0v) is 43.6. The van der Waals surface area contributed by atoms with Crippen LogP contribution in [-0.4, -0.2) is 138 Å². The van der Waals surface area contributed by atoms with Gasteiger partial charge in [0, 0.05) is 103 Å². The van der Waals surface area contributed by atoms with Gasteiger partial charge in [-0.05, 0) is 76.0 Å². The molecule has 1 saturated heterocycles. The van der Waals surface area contributed by atoms with Crippen molar-refractivity contribution in [2.24, 2.45) is 14.1 Å². The number of pyridine rings is 1. The Morgan fingerprint density at radius 1 is 0.722 bits per heavy atom. The molecule has 3 heterocycles. The summed E-state index contributed by atoms with van der Waals surface area (Å²) in [5.41, 5.74) is 0.818. The molecule has 0 atom stereocenters. The van der Waals surface area contributed by atoms with E-state index in [1.54, 1.807) is 44.4 Å². The Bertz CT molecular complexity index is 2710. The summed E-state index contributed by atoms with van der Waals surface area (Å²) in [5, 5.41) is 6.11. The molecule has 1 aliphatic heterocycles. The lowest BCUT2D eigenvalue weighted by Gasteiger charge is -2.35. The molecule has 0 saturated carbocycles. The molecule has 3 N–H and O–H groups in total. The van der Waals surface area contributed by atoms with Crippen molar-refractivity contribution in [2.75, 3.05) is 103 Å². The van der Waals surface area contributed by atoms with Crippen molar-refractivity contribution in [3.8, 4) is 34.5 Å². The average molecular weight is 1020 g/mol. The summed E-state index contributed by atoms with van der Waals surface area (Å²) in [6, 6.07) is 18.6. The maximum absolute atomic E-state index is 13.8. The van der Waals surface area contributed by atoms with Crippen LogP contribution in [0.25, 0.3) is 11.0 Å². The van der Waals surface area contributed by atoms with Crippen LogP contribution in [-0.2, 0) is 33.7 Å². The van der Waals surface area contributed by atoms with Gasteiger partial charge in [0.05, 0.1) is 55.6 Å². The SMILES string of the molecule is CCCOc1cc(OCCCCN(C)CC(=O)NCCCCCCCC(=O)NCCN2CCN(c3ccccn3)CC2)cc(Oc2cc3c(cc2NS(=O)(=O)c2ccc(OC)c(OC)c2)n(C)c(=O)n3C)c1. The number of amides is 2. The third kappa shape index (κ3) is 16.0. The molecule has 19 nitrogen and oxygen atoms in total. The fourth-order valence-corrected chi connectivity index (χ4v) is 9.48.